The molecule has 20 heavy (non-hydrogen) atoms. The van der Waals surface area contributed by atoms with Crippen LogP contribution in [0.5, 0.6) is 0 Å². The zero-order valence-electron chi connectivity index (χ0n) is 11.7. The second kappa shape index (κ2) is 6.89. The van der Waals surface area contributed by atoms with E-state index >= 15 is 0 Å². The first-order valence-corrected chi connectivity index (χ1v) is 8.34. The molecule has 0 aromatic carbocycles. The van der Waals surface area contributed by atoms with Gasteiger partial charge in [0.2, 0.25) is 10.0 Å². The van der Waals surface area contributed by atoms with Gasteiger partial charge in [-0.15, -0.1) is 0 Å². The number of carbonyl (C=O) groups excluding carboxylic acids is 1. The average molecular weight is 307 g/mol. The van der Waals surface area contributed by atoms with Crippen molar-refractivity contribution in [1.29, 1.82) is 0 Å². The molecule has 0 unspecified atom stereocenters. The molecule has 0 saturated carbocycles. The minimum absolute atomic E-state index is 0.234. The summed E-state index contributed by atoms with van der Waals surface area (Å²) in [6, 6.07) is -1.36. The lowest BCUT2D eigenvalue weighted by molar-refractivity contribution is -0.139. The summed E-state index contributed by atoms with van der Waals surface area (Å²) < 4.78 is 24.0. The molecule has 1 heterocycles. The molecular formula is C11H21N3O5S. The third-order valence-electron chi connectivity index (χ3n) is 3.17. The smallest absolute Gasteiger partial charge is 0.326 e. The number of aliphatic carboxylic acids is 1. The second-order valence-electron chi connectivity index (χ2n) is 4.78. The molecule has 1 aliphatic heterocycles. The molecule has 1 saturated heterocycles. The Morgan fingerprint density at radius 1 is 1.25 bits per heavy atom. The normalized spacial score (nSPS) is 18.6. The Balaban J connectivity index is 2.52. The van der Waals surface area contributed by atoms with Crippen molar-refractivity contribution in [1.82, 2.24) is 14.5 Å². The van der Waals surface area contributed by atoms with E-state index in [4.69, 9.17) is 5.11 Å². The molecule has 0 bridgehead atoms. The molecular weight excluding hydrogens is 286 g/mol. The fourth-order valence-electron chi connectivity index (χ4n) is 2.01. The van der Waals surface area contributed by atoms with Crippen molar-refractivity contribution in [3.05, 3.63) is 0 Å². The number of urea groups is 1. The Hall–Kier alpha value is -1.35. The van der Waals surface area contributed by atoms with E-state index < -0.39 is 28.1 Å². The molecule has 9 heteroatoms. The number of amides is 2. The van der Waals surface area contributed by atoms with E-state index in [0.29, 0.717) is 12.8 Å². The fourth-order valence-corrected chi connectivity index (χ4v) is 2.84. The van der Waals surface area contributed by atoms with Crippen LogP contribution in [0.2, 0.25) is 0 Å². The highest BCUT2D eigenvalue weighted by molar-refractivity contribution is 7.88. The third-order valence-corrected chi connectivity index (χ3v) is 4.47. The van der Waals surface area contributed by atoms with Gasteiger partial charge in [0.1, 0.15) is 6.04 Å². The van der Waals surface area contributed by atoms with E-state index in [2.05, 4.69) is 5.32 Å². The Bertz CT molecular complexity index is 457. The maximum absolute atomic E-state index is 11.9. The summed E-state index contributed by atoms with van der Waals surface area (Å²) in [4.78, 5) is 24.3. The van der Waals surface area contributed by atoms with Crippen LogP contribution in [-0.2, 0) is 14.8 Å². The number of hydrogen-bond acceptors (Lipinski definition) is 4. The van der Waals surface area contributed by atoms with E-state index in [1.165, 1.54) is 9.21 Å². The van der Waals surface area contributed by atoms with E-state index in [0.717, 1.165) is 6.26 Å². The Morgan fingerprint density at radius 2 is 1.80 bits per heavy atom. The van der Waals surface area contributed by atoms with Crippen molar-refractivity contribution in [3.63, 3.8) is 0 Å². The number of carbonyl (C=O) groups is 2. The lowest BCUT2D eigenvalue weighted by atomic mass is 10.2. The number of rotatable bonds is 5. The van der Waals surface area contributed by atoms with Gasteiger partial charge in [-0.1, -0.05) is 13.3 Å². The topological polar surface area (TPSA) is 107 Å². The number of nitrogens with zero attached hydrogens (tertiary/aromatic N) is 2. The molecule has 2 N–H and O–H groups in total. The lowest BCUT2D eigenvalue weighted by Crippen LogP contribution is -2.55. The van der Waals surface area contributed by atoms with Crippen LogP contribution in [-0.4, -0.2) is 73.2 Å². The zero-order valence-corrected chi connectivity index (χ0v) is 12.5. The van der Waals surface area contributed by atoms with Gasteiger partial charge in [-0.05, 0) is 6.42 Å². The van der Waals surface area contributed by atoms with Gasteiger partial charge in [0.05, 0.1) is 6.26 Å². The molecule has 0 spiro atoms. The molecule has 1 atom stereocenters. The standard InChI is InChI=1S/C11H21N3O5S/c1-3-4-9(10(15)16)12-11(17)13-5-7-14(8-6-13)20(2,18)19/h9H,3-8H2,1-2H3,(H,12,17)(H,15,16)/t9-/m1/s1. The number of sulfonamides is 1. The summed E-state index contributed by atoms with van der Waals surface area (Å²) in [5.41, 5.74) is 0. The quantitative estimate of drug-likeness (QED) is 0.714. The van der Waals surface area contributed by atoms with Crippen molar-refractivity contribution in [3.8, 4) is 0 Å². The monoisotopic (exact) mass is 307 g/mol. The first kappa shape index (κ1) is 16.7. The largest absolute Gasteiger partial charge is 0.480 e. The van der Waals surface area contributed by atoms with E-state index in [9.17, 15) is 18.0 Å². The van der Waals surface area contributed by atoms with Crippen molar-refractivity contribution in [2.24, 2.45) is 0 Å². The van der Waals surface area contributed by atoms with Gasteiger partial charge in [0.15, 0.2) is 0 Å². The molecule has 116 valence electrons. The van der Waals surface area contributed by atoms with Gasteiger partial charge >= 0.3 is 12.0 Å². The van der Waals surface area contributed by atoms with E-state index in [1.54, 1.807) is 0 Å². The maximum atomic E-state index is 11.9. The Kier molecular flexibility index (Phi) is 5.75. The summed E-state index contributed by atoms with van der Waals surface area (Å²) in [7, 11) is -3.24. The molecule has 0 aromatic rings. The molecule has 1 rings (SSSR count). The van der Waals surface area contributed by atoms with Crippen LogP contribution in [0.4, 0.5) is 4.79 Å². The first-order valence-electron chi connectivity index (χ1n) is 6.49. The van der Waals surface area contributed by atoms with Crippen molar-refractivity contribution < 1.29 is 23.1 Å². The van der Waals surface area contributed by atoms with Crippen LogP contribution in [0, 0.1) is 0 Å². The van der Waals surface area contributed by atoms with Crippen molar-refractivity contribution in [2.75, 3.05) is 32.4 Å². The number of piperazine rings is 1. The van der Waals surface area contributed by atoms with Crippen LogP contribution >= 0.6 is 0 Å². The summed E-state index contributed by atoms with van der Waals surface area (Å²) in [6.45, 7) is 2.83. The van der Waals surface area contributed by atoms with Gasteiger partial charge in [-0.3, -0.25) is 0 Å². The highest BCUT2D eigenvalue weighted by Gasteiger charge is 2.28. The average Bonchev–Trinajstić information content (AvgIpc) is 2.37. The van der Waals surface area contributed by atoms with Gasteiger partial charge < -0.3 is 15.3 Å². The van der Waals surface area contributed by atoms with Crippen LogP contribution in [0.3, 0.4) is 0 Å². The minimum atomic E-state index is -3.24. The van der Waals surface area contributed by atoms with Gasteiger partial charge in [-0.2, -0.15) is 4.31 Å². The molecule has 0 radical (unpaired) electrons. The maximum Gasteiger partial charge on any atom is 0.326 e. The van der Waals surface area contributed by atoms with Gasteiger partial charge in [-0.25, -0.2) is 18.0 Å². The molecule has 0 aromatic heterocycles. The van der Waals surface area contributed by atoms with Gasteiger partial charge in [0.25, 0.3) is 0 Å². The summed E-state index contributed by atoms with van der Waals surface area (Å²) in [6.07, 6.45) is 2.15. The molecule has 0 aliphatic carbocycles. The summed E-state index contributed by atoms with van der Waals surface area (Å²) in [5.74, 6) is -1.06. The molecule has 2 amide bonds. The Morgan fingerprint density at radius 3 is 2.20 bits per heavy atom. The third kappa shape index (κ3) is 4.64. The van der Waals surface area contributed by atoms with E-state index in [1.807, 2.05) is 6.92 Å². The predicted molar refractivity (Wildman–Crippen MR) is 72.9 cm³/mol. The summed E-state index contributed by atoms with van der Waals surface area (Å²) in [5, 5.41) is 11.4. The number of nitrogens with one attached hydrogen (secondary N) is 1. The first-order chi connectivity index (χ1) is 9.25. The fraction of sp³-hybridized carbons (Fsp3) is 0.818. The van der Waals surface area contributed by atoms with Gasteiger partial charge in [0, 0.05) is 26.2 Å². The van der Waals surface area contributed by atoms with Crippen LogP contribution in [0.15, 0.2) is 0 Å². The number of carboxylic acids is 1. The number of carboxylic acid groups (broad SMARTS) is 1. The molecule has 1 aliphatic rings. The van der Waals surface area contributed by atoms with Crippen LogP contribution in [0.25, 0.3) is 0 Å². The molecule has 8 nitrogen and oxygen atoms in total. The predicted octanol–water partition coefficient (Wildman–Crippen LogP) is -0.473. The highest BCUT2D eigenvalue weighted by Crippen LogP contribution is 2.07. The van der Waals surface area contributed by atoms with Crippen molar-refractivity contribution in [2.45, 2.75) is 25.8 Å². The lowest BCUT2D eigenvalue weighted by Gasteiger charge is -2.33. The van der Waals surface area contributed by atoms with E-state index in [-0.39, 0.29) is 26.2 Å². The SMILES string of the molecule is CCC[C@@H](NC(=O)N1CCN(S(C)(=O)=O)CC1)C(=O)O. The van der Waals surface area contributed by atoms with Crippen LogP contribution in [0.1, 0.15) is 19.8 Å². The second-order valence-corrected chi connectivity index (χ2v) is 6.76. The Labute approximate surface area is 118 Å². The number of hydrogen-bond donors (Lipinski definition) is 2. The minimum Gasteiger partial charge on any atom is -0.480 e. The highest BCUT2D eigenvalue weighted by atomic mass is 32.2. The van der Waals surface area contributed by atoms with Crippen molar-refractivity contribution >= 4 is 22.0 Å². The summed E-state index contributed by atoms with van der Waals surface area (Å²) >= 11 is 0. The molecule has 1 fully saturated rings. The van der Waals surface area contributed by atoms with Crippen LogP contribution < -0.4 is 5.32 Å². The zero-order chi connectivity index (χ0) is 15.3.